The van der Waals surface area contributed by atoms with Crippen LogP contribution >= 0.6 is 0 Å². The first-order valence-electron chi connectivity index (χ1n) is 4.10. The fourth-order valence-corrected chi connectivity index (χ4v) is 1.76. The highest BCUT2D eigenvalue weighted by Crippen LogP contribution is 2.17. The quantitative estimate of drug-likeness (QED) is 0.526. The lowest BCUT2D eigenvalue weighted by atomic mass is 10.0. The van der Waals surface area contributed by atoms with E-state index in [0.29, 0.717) is 19.8 Å². The van der Waals surface area contributed by atoms with Crippen LogP contribution in [0.15, 0.2) is 0 Å². The fourth-order valence-electron chi connectivity index (χ4n) is 1.76. The Hall–Kier alpha value is -0.810. The number of ether oxygens (including phenoxy) is 1. The summed E-state index contributed by atoms with van der Waals surface area (Å²) in [6.45, 7) is 1.71. The van der Waals surface area contributed by atoms with Gasteiger partial charge in [-0.05, 0) is 6.42 Å². The highest BCUT2D eigenvalue weighted by atomic mass is 16.5. The Morgan fingerprint density at radius 2 is 2.50 bits per heavy atom. The zero-order valence-electron chi connectivity index (χ0n) is 6.69. The highest BCUT2D eigenvalue weighted by Gasteiger charge is 2.35. The lowest BCUT2D eigenvalue weighted by Crippen LogP contribution is -2.50. The van der Waals surface area contributed by atoms with Gasteiger partial charge in [0.25, 0.3) is 0 Å². The number of nitrogens with one attached hydrogen (secondary N) is 1. The molecule has 0 aliphatic carbocycles. The molecule has 2 aliphatic heterocycles. The van der Waals surface area contributed by atoms with Crippen molar-refractivity contribution in [1.29, 1.82) is 0 Å². The number of amides is 1. The normalized spacial score (nSPS) is 34.8. The zero-order chi connectivity index (χ0) is 8.55. The maximum absolute atomic E-state index is 10.6. The van der Waals surface area contributed by atoms with E-state index in [1.54, 1.807) is 0 Å². The van der Waals surface area contributed by atoms with Crippen molar-refractivity contribution in [2.75, 3.05) is 19.8 Å². The monoisotopic (exact) mass is 172 g/mol. The lowest BCUT2D eigenvalue weighted by Gasteiger charge is -2.31. The predicted octanol–water partition coefficient (Wildman–Crippen LogP) is -0.315. The molecule has 0 aromatic rings. The van der Waals surface area contributed by atoms with Gasteiger partial charge >= 0.3 is 6.09 Å². The molecule has 12 heavy (non-hydrogen) atoms. The van der Waals surface area contributed by atoms with Gasteiger partial charge in [0.05, 0.1) is 18.9 Å². The van der Waals surface area contributed by atoms with Gasteiger partial charge in [0.1, 0.15) is 0 Å². The van der Waals surface area contributed by atoms with E-state index in [2.05, 4.69) is 5.32 Å². The molecule has 2 aliphatic rings. The van der Waals surface area contributed by atoms with Crippen LogP contribution in [0.4, 0.5) is 4.79 Å². The molecular formula is C7H12N2O3. The molecule has 0 aromatic heterocycles. The van der Waals surface area contributed by atoms with Crippen molar-refractivity contribution in [1.82, 2.24) is 10.2 Å². The number of hydrogen-bond donors (Lipinski definition) is 2. The first-order chi connectivity index (χ1) is 5.77. The Morgan fingerprint density at radius 1 is 1.67 bits per heavy atom. The molecular weight excluding hydrogens is 160 g/mol. The van der Waals surface area contributed by atoms with E-state index >= 15 is 0 Å². The Kier molecular flexibility index (Phi) is 1.90. The summed E-state index contributed by atoms with van der Waals surface area (Å²) < 4.78 is 5.35. The molecule has 2 N–H and O–H groups in total. The summed E-state index contributed by atoms with van der Waals surface area (Å²) in [6.07, 6.45) is 0.201. The van der Waals surface area contributed by atoms with E-state index in [1.807, 2.05) is 0 Å². The molecule has 5 heteroatoms. The van der Waals surface area contributed by atoms with Gasteiger partial charge in [-0.1, -0.05) is 0 Å². The van der Waals surface area contributed by atoms with Gasteiger partial charge in [-0.25, -0.2) is 4.79 Å². The topological polar surface area (TPSA) is 61.8 Å². The molecule has 0 spiro atoms. The summed E-state index contributed by atoms with van der Waals surface area (Å²) >= 11 is 0. The average molecular weight is 172 g/mol. The second-order valence-electron chi connectivity index (χ2n) is 3.18. The van der Waals surface area contributed by atoms with E-state index in [9.17, 15) is 4.79 Å². The summed E-state index contributed by atoms with van der Waals surface area (Å²) in [5.74, 6) is 0. The lowest BCUT2D eigenvalue weighted by molar-refractivity contribution is 0.0546. The van der Waals surface area contributed by atoms with Gasteiger partial charge in [0.15, 0.2) is 0 Å². The van der Waals surface area contributed by atoms with E-state index in [4.69, 9.17) is 9.84 Å². The van der Waals surface area contributed by atoms with E-state index in [-0.39, 0.29) is 12.1 Å². The Bertz CT molecular complexity index is 197. The molecule has 5 nitrogen and oxygen atoms in total. The second kappa shape index (κ2) is 2.91. The maximum Gasteiger partial charge on any atom is 0.407 e. The van der Waals surface area contributed by atoms with Crippen molar-refractivity contribution in [3.05, 3.63) is 0 Å². The molecule has 2 atom stereocenters. The third-order valence-corrected chi connectivity index (χ3v) is 2.46. The van der Waals surface area contributed by atoms with E-state index in [0.717, 1.165) is 6.42 Å². The Morgan fingerprint density at radius 3 is 3.25 bits per heavy atom. The number of hydrogen-bond acceptors (Lipinski definition) is 3. The first kappa shape index (κ1) is 7.82. The minimum atomic E-state index is -0.831. The van der Waals surface area contributed by atoms with Gasteiger partial charge in [0.2, 0.25) is 0 Å². The molecule has 0 saturated carbocycles. The minimum Gasteiger partial charge on any atom is -0.465 e. The number of piperidine rings is 1. The van der Waals surface area contributed by atoms with E-state index in [1.165, 1.54) is 4.90 Å². The van der Waals surface area contributed by atoms with Crippen molar-refractivity contribution in [2.24, 2.45) is 0 Å². The maximum atomic E-state index is 10.6. The molecule has 2 rings (SSSR count). The predicted molar refractivity (Wildman–Crippen MR) is 40.9 cm³/mol. The molecule has 68 valence electrons. The molecule has 0 radical (unpaired) electrons. The molecule has 0 bridgehead atoms. The first-order valence-corrected chi connectivity index (χ1v) is 4.10. The van der Waals surface area contributed by atoms with Crippen LogP contribution in [-0.4, -0.2) is 48.1 Å². The van der Waals surface area contributed by atoms with Crippen molar-refractivity contribution < 1.29 is 14.6 Å². The Labute approximate surface area is 70.3 Å². The minimum absolute atomic E-state index is 0.204. The Balaban J connectivity index is 1.96. The summed E-state index contributed by atoms with van der Waals surface area (Å²) in [4.78, 5) is 12.0. The summed E-state index contributed by atoms with van der Waals surface area (Å²) in [5, 5.41) is 11.8. The number of fused-ring (bicyclic) bond motifs is 1. The van der Waals surface area contributed by atoms with Crippen molar-refractivity contribution in [3.8, 4) is 0 Å². The van der Waals surface area contributed by atoms with Crippen LogP contribution in [0.3, 0.4) is 0 Å². The fraction of sp³-hybridized carbons (Fsp3) is 0.857. The van der Waals surface area contributed by atoms with Crippen LogP contribution in [0.5, 0.6) is 0 Å². The number of nitrogens with zero attached hydrogens (tertiary/aromatic N) is 1. The summed E-state index contributed by atoms with van der Waals surface area (Å²) in [6, 6.07) is 0.204. The van der Waals surface area contributed by atoms with Crippen molar-refractivity contribution in [3.63, 3.8) is 0 Å². The summed E-state index contributed by atoms with van der Waals surface area (Å²) in [7, 11) is 0. The van der Waals surface area contributed by atoms with Crippen LogP contribution in [-0.2, 0) is 4.74 Å². The third-order valence-electron chi connectivity index (χ3n) is 2.46. The average Bonchev–Trinajstić information content (AvgIpc) is 2.49. The van der Waals surface area contributed by atoms with Crippen LogP contribution < -0.4 is 5.32 Å². The van der Waals surface area contributed by atoms with Gasteiger partial charge in [-0.15, -0.1) is 0 Å². The molecule has 1 amide bonds. The largest absolute Gasteiger partial charge is 0.465 e. The molecule has 2 saturated heterocycles. The van der Waals surface area contributed by atoms with Crippen molar-refractivity contribution in [2.45, 2.75) is 18.6 Å². The van der Waals surface area contributed by atoms with Gasteiger partial charge in [-0.3, -0.25) is 5.32 Å². The number of rotatable bonds is 0. The molecule has 2 heterocycles. The van der Waals surface area contributed by atoms with Crippen LogP contribution in [0.2, 0.25) is 0 Å². The van der Waals surface area contributed by atoms with Crippen LogP contribution in [0, 0.1) is 0 Å². The van der Waals surface area contributed by atoms with Crippen LogP contribution in [0.25, 0.3) is 0 Å². The number of likely N-dealkylation sites (tertiary alicyclic amines) is 1. The molecule has 2 fully saturated rings. The smallest absolute Gasteiger partial charge is 0.407 e. The van der Waals surface area contributed by atoms with E-state index < -0.39 is 6.09 Å². The van der Waals surface area contributed by atoms with Crippen molar-refractivity contribution >= 4 is 6.09 Å². The van der Waals surface area contributed by atoms with Crippen LogP contribution in [0.1, 0.15) is 6.42 Å². The van der Waals surface area contributed by atoms with Gasteiger partial charge in [0, 0.05) is 13.1 Å². The summed E-state index contributed by atoms with van der Waals surface area (Å²) in [5.41, 5.74) is 0. The van der Waals surface area contributed by atoms with Gasteiger partial charge < -0.3 is 14.7 Å². The SMILES string of the molecule is O=C(O)N1CCC2OCNC2C1. The standard InChI is InChI=1S/C7H12N2O3/c10-7(11)9-2-1-6-5(3-9)8-4-12-6/h5-6,8H,1-4H2,(H,10,11). The number of carbonyl (C=O) groups is 1. The molecule has 2 unspecified atom stereocenters. The second-order valence-corrected chi connectivity index (χ2v) is 3.18. The van der Waals surface area contributed by atoms with Gasteiger partial charge in [-0.2, -0.15) is 0 Å². The zero-order valence-corrected chi connectivity index (χ0v) is 6.69. The number of carboxylic acid groups (broad SMARTS) is 1. The third kappa shape index (κ3) is 1.25. The molecule has 0 aromatic carbocycles. The highest BCUT2D eigenvalue weighted by molar-refractivity contribution is 5.65.